The van der Waals surface area contributed by atoms with Gasteiger partial charge in [-0.15, -0.1) is 12.4 Å². The minimum atomic E-state index is 0. The van der Waals surface area contributed by atoms with Gasteiger partial charge in [0, 0.05) is 17.1 Å². The summed E-state index contributed by atoms with van der Waals surface area (Å²) in [5.74, 6) is 1.61. The van der Waals surface area contributed by atoms with Gasteiger partial charge in [-0.05, 0) is 56.6 Å². The first kappa shape index (κ1) is 16.6. The molecule has 5 heteroatoms. The minimum absolute atomic E-state index is 0. The van der Waals surface area contributed by atoms with Gasteiger partial charge in [-0.2, -0.15) is 0 Å². The number of rotatable bonds is 4. The van der Waals surface area contributed by atoms with Crippen molar-refractivity contribution < 1.29 is 4.74 Å². The molecule has 0 radical (unpaired) electrons. The summed E-state index contributed by atoms with van der Waals surface area (Å²) in [6.45, 7) is 3.93. The molecule has 1 aliphatic heterocycles. The lowest BCUT2D eigenvalue weighted by Crippen LogP contribution is -2.35. The van der Waals surface area contributed by atoms with E-state index >= 15 is 0 Å². The van der Waals surface area contributed by atoms with E-state index in [1.165, 1.54) is 12.8 Å². The van der Waals surface area contributed by atoms with E-state index < -0.39 is 0 Å². The quantitative estimate of drug-likeness (QED) is 0.929. The monoisotopic (exact) mass is 304 g/mol. The summed E-state index contributed by atoms with van der Waals surface area (Å²) < 4.78 is 5.38. The number of piperidine rings is 1. The van der Waals surface area contributed by atoms with Crippen molar-refractivity contribution in [3.8, 4) is 5.75 Å². The molecule has 0 aliphatic carbocycles. The number of hydrogen-bond acceptors (Lipinski definition) is 3. The molecule has 0 amide bonds. The second-order valence-electron chi connectivity index (χ2n) is 4.91. The lowest BCUT2D eigenvalue weighted by molar-refractivity contribution is 0.179. The molecule has 1 fully saturated rings. The topological polar surface area (TPSA) is 38.5 Å². The van der Waals surface area contributed by atoms with Gasteiger partial charge in [0.05, 0.1) is 7.11 Å². The van der Waals surface area contributed by atoms with Gasteiger partial charge in [-0.3, -0.25) is 4.90 Å². The van der Waals surface area contributed by atoms with Crippen molar-refractivity contribution >= 4 is 24.0 Å². The Morgan fingerprint density at radius 1 is 1.37 bits per heavy atom. The van der Waals surface area contributed by atoms with Crippen LogP contribution >= 0.6 is 24.0 Å². The Morgan fingerprint density at radius 2 is 2.05 bits per heavy atom. The van der Waals surface area contributed by atoms with Gasteiger partial charge in [-0.1, -0.05) is 11.6 Å². The van der Waals surface area contributed by atoms with E-state index in [0.717, 1.165) is 42.5 Å². The molecule has 1 aliphatic rings. The third-order valence-corrected chi connectivity index (χ3v) is 3.91. The molecule has 0 atom stereocenters. The predicted molar refractivity (Wildman–Crippen MR) is 82.3 cm³/mol. The molecule has 1 aromatic carbocycles. The largest absolute Gasteiger partial charge is 0.496 e. The Hall–Kier alpha value is -0.480. The molecule has 0 unspecified atom stereocenters. The van der Waals surface area contributed by atoms with E-state index in [9.17, 15) is 0 Å². The summed E-state index contributed by atoms with van der Waals surface area (Å²) in [7, 11) is 1.70. The fraction of sp³-hybridized carbons (Fsp3) is 0.571. The molecular weight excluding hydrogens is 283 g/mol. The SMILES string of the molecule is COc1ccc(Cl)cc1CN1CCC(CN)CC1.Cl. The molecule has 3 nitrogen and oxygen atoms in total. The van der Waals surface area contributed by atoms with E-state index in [2.05, 4.69) is 4.90 Å². The van der Waals surface area contributed by atoms with Gasteiger partial charge in [0.25, 0.3) is 0 Å². The van der Waals surface area contributed by atoms with Gasteiger partial charge in [0.15, 0.2) is 0 Å². The van der Waals surface area contributed by atoms with Crippen LogP contribution in [0.25, 0.3) is 0 Å². The molecule has 0 bridgehead atoms. The number of benzene rings is 1. The molecule has 2 N–H and O–H groups in total. The zero-order valence-corrected chi connectivity index (χ0v) is 12.8. The van der Waals surface area contributed by atoms with Crippen LogP contribution < -0.4 is 10.5 Å². The van der Waals surface area contributed by atoms with E-state index in [1.807, 2.05) is 18.2 Å². The lowest BCUT2D eigenvalue weighted by atomic mass is 9.97. The van der Waals surface area contributed by atoms with Crippen LogP contribution in [0.5, 0.6) is 5.75 Å². The Balaban J connectivity index is 0.00000180. The molecule has 0 saturated carbocycles. The maximum Gasteiger partial charge on any atom is 0.123 e. The van der Waals surface area contributed by atoms with Crippen molar-refractivity contribution in [1.29, 1.82) is 0 Å². The summed E-state index contributed by atoms with van der Waals surface area (Å²) >= 11 is 6.05. The average Bonchev–Trinajstić information content (AvgIpc) is 2.40. The molecule has 1 saturated heterocycles. The summed E-state index contributed by atoms with van der Waals surface area (Å²) in [4.78, 5) is 2.44. The van der Waals surface area contributed by atoms with E-state index in [4.69, 9.17) is 22.1 Å². The molecule has 1 heterocycles. The van der Waals surface area contributed by atoms with E-state index in [1.54, 1.807) is 7.11 Å². The standard InChI is InChI=1S/C14H21ClN2O.ClH/c1-18-14-3-2-13(15)8-12(14)10-17-6-4-11(9-16)5-7-17;/h2-3,8,11H,4-7,9-10,16H2,1H3;1H. The molecule has 1 aromatic rings. The van der Waals surface area contributed by atoms with Gasteiger partial charge >= 0.3 is 0 Å². The number of hydrogen-bond donors (Lipinski definition) is 1. The third-order valence-electron chi connectivity index (χ3n) is 3.68. The lowest BCUT2D eigenvalue weighted by Gasteiger charge is -2.31. The van der Waals surface area contributed by atoms with Crippen LogP contribution in [0.1, 0.15) is 18.4 Å². The number of nitrogens with two attached hydrogens (primary N) is 1. The van der Waals surface area contributed by atoms with Crippen LogP contribution in [-0.2, 0) is 6.54 Å². The van der Waals surface area contributed by atoms with Gasteiger partial charge in [0.2, 0.25) is 0 Å². The highest BCUT2D eigenvalue weighted by atomic mass is 35.5. The molecule has 2 rings (SSSR count). The van der Waals surface area contributed by atoms with Crippen molar-refractivity contribution in [2.75, 3.05) is 26.7 Å². The van der Waals surface area contributed by atoms with Crippen molar-refractivity contribution in [1.82, 2.24) is 4.90 Å². The summed E-state index contributed by atoms with van der Waals surface area (Å²) in [6, 6.07) is 5.80. The predicted octanol–water partition coefficient (Wildman–Crippen LogP) is 2.94. The van der Waals surface area contributed by atoms with Gasteiger partial charge < -0.3 is 10.5 Å². The molecular formula is C14H22Cl2N2O. The maximum absolute atomic E-state index is 6.05. The molecule has 19 heavy (non-hydrogen) atoms. The Kier molecular flexibility index (Phi) is 6.94. The molecule has 0 spiro atoms. The molecule has 108 valence electrons. The van der Waals surface area contributed by atoms with Crippen LogP contribution in [0.15, 0.2) is 18.2 Å². The fourth-order valence-corrected chi connectivity index (χ4v) is 2.69. The normalized spacial score (nSPS) is 17.0. The fourth-order valence-electron chi connectivity index (χ4n) is 2.49. The maximum atomic E-state index is 6.05. The van der Waals surface area contributed by atoms with Crippen LogP contribution in [0.2, 0.25) is 5.02 Å². The van der Waals surface area contributed by atoms with Crippen LogP contribution in [0.3, 0.4) is 0 Å². The summed E-state index contributed by atoms with van der Waals surface area (Å²) in [5, 5.41) is 0.766. The Bertz CT molecular complexity index is 393. The van der Waals surface area contributed by atoms with Crippen LogP contribution in [0, 0.1) is 5.92 Å². The summed E-state index contributed by atoms with van der Waals surface area (Å²) in [5.41, 5.74) is 6.87. The van der Waals surface area contributed by atoms with Crippen LogP contribution in [0.4, 0.5) is 0 Å². The first-order valence-corrected chi connectivity index (χ1v) is 6.85. The van der Waals surface area contributed by atoms with Crippen molar-refractivity contribution in [2.45, 2.75) is 19.4 Å². The minimum Gasteiger partial charge on any atom is -0.496 e. The highest BCUT2D eigenvalue weighted by molar-refractivity contribution is 6.30. The molecule has 0 aromatic heterocycles. The third kappa shape index (κ3) is 4.53. The number of likely N-dealkylation sites (tertiary alicyclic amines) is 1. The smallest absolute Gasteiger partial charge is 0.123 e. The van der Waals surface area contributed by atoms with Crippen molar-refractivity contribution in [2.24, 2.45) is 11.7 Å². The zero-order chi connectivity index (χ0) is 13.0. The second-order valence-corrected chi connectivity index (χ2v) is 5.35. The number of ether oxygens (including phenoxy) is 1. The second kappa shape index (κ2) is 7.95. The number of nitrogens with zero attached hydrogens (tertiary/aromatic N) is 1. The van der Waals surface area contributed by atoms with Gasteiger partial charge in [-0.25, -0.2) is 0 Å². The van der Waals surface area contributed by atoms with E-state index in [0.29, 0.717) is 5.92 Å². The highest BCUT2D eigenvalue weighted by Gasteiger charge is 2.19. The first-order valence-electron chi connectivity index (χ1n) is 6.47. The van der Waals surface area contributed by atoms with Crippen LogP contribution in [-0.4, -0.2) is 31.6 Å². The first-order chi connectivity index (χ1) is 8.72. The van der Waals surface area contributed by atoms with E-state index in [-0.39, 0.29) is 12.4 Å². The number of methoxy groups -OCH3 is 1. The van der Waals surface area contributed by atoms with Crippen molar-refractivity contribution in [3.05, 3.63) is 28.8 Å². The average molecular weight is 305 g/mol. The Morgan fingerprint density at radius 3 is 2.63 bits per heavy atom. The Labute approximate surface area is 126 Å². The highest BCUT2D eigenvalue weighted by Crippen LogP contribution is 2.26. The number of halogens is 2. The van der Waals surface area contributed by atoms with Crippen molar-refractivity contribution in [3.63, 3.8) is 0 Å². The summed E-state index contributed by atoms with van der Waals surface area (Å²) in [6.07, 6.45) is 2.39. The zero-order valence-electron chi connectivity index (χ0n) is 11.3. The van der Waals surface area contributed by atoms with Gasteiger partial charge in [0.1, 0.15) is 5.75 Å².